The lowest BCUT2D eigenvalue weighted by atomic mass is 10.00. The van der Waals surface area contributed by atoms with E-state index in [1.54, 1.807) is 27.7 Å². The van der Waals surface area contributed by atoms with Gasteiger partial charge in [0.2, 0.25) is 17.7 Å². The van der Waals surface area contributed by atoms with Gasteiger partial charge in [-0.15, -0.1) is 0 Å². The summed E-state index contributed by atoms with van der Waals surface area (Å²) < 4.78 is 0. The molecule has 0 aromatic heterocycles. The van der Waals surface area contributed by atoms with E-state index in [-0.39, 0.29) is 18.3 Å². The largest absolute Gasteiger partial charge is 0.480 e. The van der Waals surface area contributed by atoms with E-state index in [9.17, 15) is 19.2 Å². The third kappa shape index (κ3) is 8.20. The van der Waals surface area contributed by atoms with E-state index in [0.29, 0.717) is 0 Å². The summed E-state index contributed by atoms with van der Waals surface area (Å²) in [7, 11) is 0. The topological polar surface area (TPSA) is 151 Å². The molecule has 30 heavy (non-hydrogen) atoms. The van der Waals surface area contributed by atoms with Gasteiger partial charge in [-0.05, 0) is 17.4 Å². The lowest BCUT2D eigenvalue weighted by Gasteiger charge is -2.26. The molecule has 0 bridgehead atoms. The van der Waals surface area contributed by atoms with Crippen LogP contribution in [0.25, 0.3) is 0 Å². The Morgan fingerprint density at radius 1 is 0.900 bits per heavy atom. The Bertz CT molecular complexity index is 736. The predicted octanol–water partition coefficient (Wildman–Crippen LogP) is 0.0388. The lowest BCUT2D eigenvalue weighted by Crippen LogP contribution is -2.58. The van der Waals surface area contributed by atoms with Crippen molar-refractivity contribution in [2.24, 2.45) is 17.6 Å². The van der Waals surface area contributed by atoms with Gasteiger partial charge in [0.1, 0.15) is 18.6 Å². The maximum atomic E-state index is 13.0. The van der Waals surface area contributed by atoms with Gasteiger partial charge in [-0.3, -0.25) is 19.2 Å². The molecule has 0 aliphatic rings. The molecule has 0 spiro atoms. The molecular weight excluding hydrogens is 388 g/mol. The van der Waals surface area contributed by atoms with Crippen LogP contribution in [0.15, 0.2) is 30.3 Å². The fourth-order valence-corrected chi connectivity index (χ4v) is 2.69. The van der Waals surface area contributed by atoms with E-state index in [2.05, 4.69) is 16.0 Å². The third-order valence-corrected chi connectivity index (χ3v) is 4.60. The van der Waals surface area contributed by atoms with Gasteiger partial charge >= 0.3 is 5.97 Å². The van der Waals surface area contributed by atoms with Crippen LogP contribution in [0.2, 0.25) is 0 Å². The fraction of sp³-hybridized carbons (Fsp3) is 0.524. The van der Waals surface area contributed by atoms with Crippen LogP contribution in [0, 0.1) is 11.8 Å². The summed E-state index contributed by atoms with van der Waals surface area (Å²) in [5.41, 5.74) is 6.73. The minimum absolute atomic E-state index is 0.115. The van der Waals surface area contributed by atoms with Crippen molar-refractivity contribution in [1.82, 2.24) is 16.0 Å². The molecule has 0 saturated carbocycles. The smallest absolute Gasteiger partial charge is 0.322 e. The van der Waals surface area contributed by atoms with Crippen LogP contribution in [0.1, 0.15) is 33.3 Å². The highest BCUT2D eigenvalue weighted by atomic mass is 16.4. The van der Waals surface area contributed by atoms with Crippen molar-refractivity contribution in [3.8, 4) is 0 Å². The van der Waals surface area contributed by atoms with Crippen molar-refractivity contribution in [3.05, 3.63) is 35.9 Å². The average molecular weight is 421 g/mol. The van der Waals surface area contributed by atoms with Gasteiger partial charge in [-0.25, -0.2) is 0 Å². The summed E-state index contributed by atoms with van der Waals surface area (Å²) in [6, 6.07) is 6.46. The highest BCUT2D eigenvalue weighted by Gasteiger charge is 2.30. The minimum Gasteiger partial charge on any atom is -0.480 e. The highest BCUT2D eigenvalue weighted by molar-refractivity contribution is 5.94. The first-order valence-corrected chi connectivity index (χ1v) is 9.92. The molecule has 166 valence electrons. The second kappa shape index (κ2) is 11.9. The molecule has 9 heteroatoms. The van der Waals surface area contributed by atoms with E-state index in [1.165, 1.54) is 0 Å². The molecule has 3 atom stereocenters. The summed E-state index contributed by atoms with van der Waals surface area (Å²) in [5, 5.41) is 16.3. The van der Waals surface area contributed by atoms with E-state index >= 15 is 0 Å². The van der Waals surface area contributed by atoms with Crippen molar-refractivity contribution in [2.45, 2.75) is 52.2 Å². The minimum atomic E-state index is -1.19. The maximum Gasteiger partial charge on any atom is 0.322 e. The Hall–Kier alpha value is -2.94. The van der Waals surface area contributed by atoms with Crippen LogP contribution in [0.5, 0.6) is 0 Å². The van der Waals surface area contributed by atoms with Crippen LogP contribution in [-0.4, -0.2) is 53.5 Å². The molecule has 0 heterocycles. The quantitative estimate of drug-likeness (QED) is 0.341. The number of hydrogen-bond acceptors (Lipinski definition) is 5. The summed E-state index contributed by atoms with van der Waals surface area (Å²) >= 11 is 0. The average Bonchev–Trinajstić information content (AvgIpc) is 2.69. The first kappa shape index (κ1) is 25.1. The van der Waals surface area contributed by atoms with Crippen molar-refractivity contribution < 1.29 is 24.3 Å². The number of hydrogen-bond donors (Lipinski definition) is 5. The summed E-state index contributed by atoms with van der Waals surface area (Å²) in [6.45, 7) is 6.51. The number of carboxylic acid groups (broad SMARTS) is 1. The van der Waals surface area contributed by atoms with Crippen molar-refractivity contribution in [3.63, 3.8) is 0 Å². The normalized spacial score (nSPS) is 14.0. The third-order valence-electron chi connectivity index (χ3n) is 4.60. The summed E-state index contributed by atoms with van der Waals surface area (Å²) in [4.78, 5) is 48.5. The zero-order valence-electron chi connectivity index (χ0n) is 17.8. The SMILES string of the molecule is CC(C)C(N)C(=O)NC(Cc1ccccc1)C(=O)NC(C(=O)NCC(=O)O)C(C)C. The monoisotopic (exact) mass is 420 g/mol. The van der Waals surface area contributed by atoms with Crippen molar-refractivity contribution >= 4 is 23.7 Å². The van der Waals surface area contributed by atoms with E-state index in [1.807, 2.05) is 30.3 Å². The van der Waals surface area contributed by atoms with Gasteiger partial charge in [-0.1, -0.05) is 58.0 Å². The molecule has 1 rings (SSSR count). The molecule has 1 aromatic rings. The Morgan fingerprint density at radius 3 is 2.00 bits per heavy atom. The Kier molecular flexibility index (Phi) is 9.97. The first-order chi connectivity index (χ1) is 14.0. The van der Waals surface area contributed by atoms with E-state index < -0.39 is 48.4 Å². The Labute approximate surface area is 176 Å². The van der Waals surface area contributed by atoms with Crippen molar-refractivity contribution in [1.29, 1.82) is 0 Å². The number of benzene rings is 1. The van der Waals surface area contributed by atoms with Crippen LogP contribution in [0.4, 0.5) is 0 Å². The molecule has 0 saturated heterocycles. The molecule has 6 N–H and O–H groups in total. The van der Waals surface area contributed by atoms with Gasteiger partial charge < -0.3 is 26.8 Å². The molecule has 0 aliphatic carbocycles. The molecule has 3 unspecified atom stereocenters. The zero-order chi connectivity index (χ0) is 22.8. The molecule has 0 radical (unpaired) electrons. The number of nitrogens with one attached hydrogen (secondary N) is 3. The Balaban J connectivity index is 2.99. The Morgan fingerprint density at radius 2 is 1.50 bits per heavy atom. The van der Waals surface area contributed by atoms with Gasteiger partial charge in [0.05, 0.1) is 6.04 Å². The number of aliphatic carboxylic acids is 1. The van der Waals surface area contributed by atoms with Gasteiger partial charge in [0.15, 0.2) is 0 Å². The van der Waals surface area contributed by atoms with Gasteiger partial charge in [0, 0.05) is 6.42 Å². The van der Waals surface area contributed by atoms with Gasteiger partial charge in [0.25, 0.3) is 0 Å². The number of amides is 3. The van der Waals surface area contributed by atoms with Crippen LogP contribution in [0.3, 0.4) is 0 Å². The summed E-state index contributed by atoms with van der Waals surface area (Å²) in [5.74, 6) is -3.22. The number of carbonyl (C=O) groups excluding carboxylic acids is 3. The van der Waals surface area contributed by atoms with Crippen LogP contribution in [-0.2, 0) is 25.6 Å². The second-order valence-corrected chi connectivity index (χ2v) is 7.86. The zero-order valence-corrected chi connectivity index (χ0v) is 17.8. The standard InChI is InChI=1S/C21H32N4O5/c1-12(2)17(22)20(29)24-15(10-14-8-6-5-7-9-14)19(28)25-18(13(3)4)21(30)23-11-16(26)27/h5-9,12-13,15,17-18H,10-11,22H2,1-4H3,(H,23,30)(H,24,29)(H,25,28)(H,26,27). The molecule has 3 amide bonds. The first-order valence-electron chi connectivity index (χ1n) is 9.92. The number of carbonyl (C=O) groups is 4. The summed E-state index contributed by atoms with van der Waals surface area (Å²) in [6.07, 6.45) is 0.213. The van der Waals surface area contributed by atoms with Gasteiger partial charge in [-0.2, -0.15) is 0 Å². The van der Waals surface area contributed by atoms with Crippen LogP contribution < -0.4 is 21.7 Å². The molecule has 0 fully saturated rings. The van der Waals surface area contributed by atoms with Crippen molar-refractivity contribution in [2.75, 3.05) is 6.54 Å². The van der Waals surface area contributed by atoms with E-state index in [4.69, 9.17) is 10.8 Å². The van der Waals surface area contributed by atoms with Crippen LogP contribution >= 0.6 is 0 Å². The predicted molar refractivity (Wildman–Crippen MR) is 112 cm³/mol. The lowest BCUT2D eigenvalue weighted by molar-refractivity contribution is -0.139. The maximum absolute atomic E-state index is 13.0. The number of rotatable bonds is 11. The second-order valence-electron chi connectivity index (χ2n) is 7.86. The molecule has 0 aliphatic heterocycles. The number of carboxylic acids is 1. The highest BCUT2D eigenvalue weighted by Crippen LogP contribution is 2.08. The van der Waals surface area contributed by atoms with E-state index in [0.717, 1.165) is 5.56 Å². The number of nitrogens with two attached hydrogens (primary N) is 1. The molecular formula is C21H32N4O5. The fourth-order valence-electron chi connectivity index (χ4n) is 2.69. The molecule has 1 aromatic carbocycles. The molecule has 9 nitrogen and oxygen atoms in total.